The number of hydrogen-bond donors (Lipinski definition) is 0. The minimum absolute atomic E-state index is 0.150. The van der Waals surface area contributed by atoms with E-state index < -0.39 is 5.41 Å². The Morgan fingerprint density at radius 1 is 1.36 bits per heavy atom. The molecule has 0 N–H and O–H groups in total. The van der Waals surface area contributed by atoms with E-state index in [2.05, 4.69) is 0 Å². The molecule has 1 nitrogen and oxygen atoms in total. The number of Topliss-reactive ketones (excluding diaryl/α,β-unsaturated/α-hetero) is 1. The van der Waals surface area contributed by atoms with Gasteiger partial charge in [-0.25, -0.2) is 0 Å². The zero-order chi connectivity index (χ0) is 10.9. The largest absolute Gasteiger partial charge is 0.299 e. The summed E-state index contributed by atoms with van der Waals surface area (Å²) < 4.78 is 0. The van der Waals surface area contributed by atoms with E-state index in [1.807, 2.05) is 39.0 Å². The average Bonchev–Trinajstić information content (AvgIpc) is 2.09. The lowest BCUT2D eigenvalue weighted by Gasteiger charge is -2.22. The Hall–Kier alpha value is -0.820. The van der Waals surface area contributed by atoms with E-state index in [4.69, 9.17) is 11.6 Å². The Bertz CT molecular complexity index is 367. The first-order valence-electron chi connectivity index (χ1n) is 4.63. The monoisotopic (exact) mass is 210 g/mol. The molecule has 1 aromatic rings. The van der Waals surface area contributed by atoms with Crippen LogP contribution in [-0.2, 0) is 10.2 Å². The molecule has 0 aliphatic carbocycles. The third-order valence-electron chi connectivity index (χ3n) is 2.77. The van der Waals surface area contributed by atoms with Gasteiger partial charge in [0.15, 0.2) is 0 Å². The zero-order valence-corrected chi connectivity index (χ0v) is 9.77. The van der Waals surface area contributed by atoms with E-state index in [1.54, 1.807) is 6.92 Å². The normalized spacial score (nSPS) is 11.5. The summed E-state index contributed by atoms with van der Waals surface area (Å²) in [6.07, 6.45) is 0. The lowest BCUT2D eigenvalue weighted by Crippen LogP contribution is -2.26. The summed E-state index contributed by atoms with van der Waals surface area (Å²) in [6, 6.07) is 5.78. The molecule has 0 aromatic heterocycles. The molecular weight excluding hydrogens is 196 g/mol. The summed E-state index contributed by atoms with van der Waals surface area (Å²) in [6.45, 7) is 7.38. The maximum atomic E-state index is 11.4. The van der Waals surface area contributed by atoms with Gasteiger partial charge in [-0.1, -0.05) is 23.7 Å². The Morgan fingerprint density at radius 2 is 1.93 bits per heavy atom. The van der Waals surface area contributed by atoms with Gasteiger partial charge in [-0.15, -0.1) is 0 Å². The Labute approximate surface area is 90.1 Å². The van der Waals surface area contributed by atoms with Crippen molar-refractivity contribution in [2.45, 2.75) is 33.1 Å². The van der Waals surface area contributed by atoms with Crippen molar-refractivity contribution in [1.82, 2.24) is 0 Å². The van der Waals surface area contributed by atoms with Crippen LogP contribution in [0.3, 0.4) is 0 Å². The average molecular weight is 211 g/mol. The number of hydrogen-bond acceptors (Lipinski definition) is 1. The van der Waals surface area contributed by atoms with E-state index in [9.17, 15) is 4.79 Å². The molecule has 0 amide bonds. The lowest BCUT2D eigenvalue weighted by molar-refractivity contribution is -0.121. The number of carbonyl (C=O) groups is 1. The highest BCUT2D eigenvalue weighted by molar-refractivity contribution is 6.31. The van der Waals surface area contributed by atoms with Gasteiger partial charge >= 0.3 is 0 Å². The number of benzene rings is 1. The van der Waals surface area contributed by atoms with Gasteiger partial charge in [0.2, 0.25) is 0 Å². The first-order chi connectivity index (χ1) is 6.35. The number of aryl methyl sites for hydroxylation is 1. The molecule has 1 aromatic carbocycles. The molecule has 0 fully saturated rings. The van der Waals surface area contributed by atoms with Gasteiger partial charge in [-0.2, -0.15) is 0 Å². The summed E-state index contributed by atoms with van der Waals surface area (Å²) in [5.41, 5.74) is 1.56. The smallest absolute Gasteiger partial charge is 0.139 e. The molecule has 2 heteroatoms. The van der Waals surface area contributed by atoms with Crippen molar-refractivity contribution in [3.05, 3.63) is 34.3 Å². The molecule has 0 aliphatic heterocycles. The minimum Gasteiger partial charge on any atom is -0.299 e. The van der Waals surface area contributed by atoms with Crippen molar-refractivity contribution in [2.24, 2.45) is 0 Å². The molecule has 0 heterocycles. The number of ketones is 1. The zero-order valence-electron chi connectivity index (χ0n) is 9.02. The number of carbonyl (C=O) groups excluding carboxylic acids is 1. The number of halogens is 1. The first kappa shape index (κ1) is 11.3. The Morgan fingerprint density at radius 3 is 2.36 bits per heavy atom. The second kappa shape index (κ2) is 3.74. The van der Waals surface area contributed by atoms with Crippen molar-refractivity contribution < 1.29 is 4.79 Å². The predicted molar refractivity (Wildman–Crippen MR) is 59.9 cm³/mol. The van der Waals surface area contributed by atoms with Crippen LogP contribution in [0.1, 0.15) is 31.9 Å². The van der Waals surface area contributed by atoms with Crippen LogP contribution in [0.15, 0.2) is 18.2 Å². The minimum atomic E-state index is -0.447. The molecule has 0 aliphatic rings. The van der Waals surface area contributed by atoms with E-state index in [1.165, 1.54) is 0 Å². The topological polar surface area (TPSA) is 17.1 Å². The van der Waals surface area contributed by atoms with Gasteiger partial charge in [0.1, 0.15) is 5.78 Å². The van der Waals surface area contributed by atoms with Crippen molar-refractivity contribution in [3.63, 3.8) is 0 Å². The molecule has 1 rings (SSSR count). The van der Waals surface area contributed by atoms with E-state index in [-0.39, 0.29) is 5.78 Å². The van der Waals surface area contributed by atoms with Crippen molar-refractivity contribution in [1.29, 1.82) is 0 Å². The summed E-state index contributed by atoms with van der Waals surface area (Å²) in [4.78, 5) is 11.4. The highest BCUT2D eigenvalue weighted by Gasteiger charge is 2.26. The van der Waals surface area contributed by atoms with Crippen molar-refractivity contribution in [3.8, 4) is 0 Å². The fourth-order valence-corrected chi connectivity index (χ4v) is 1.37. The number of rotatable bonds is 2. The fourth-order valence-electron chi connectivity index (χ4n) is 1.18. The van der Waals surface area contributed by atoms with Gasteiger partial charge in [0.25, 0.3) is 0 Å². The highest BCUT2D eigenvalue weighted by Crippen LogP contribution is 2.27. The molecule has 0 bridgehead atoms. The van der Waals surface area contributed by atoms with Crippen LogP contribution in [0, 0.1) is 6.92 Å². The maximum Gasteiger partial charge on any atom is 0.139 e. The SMILES string of the molecule is CC(=O)C(C)(C)c1ccc(C)c(Cl)c1. The van der Waals surface area contributed by atoms with Gasteiger partial charge in [-0.3, -0.25) is 4.79 Å². The predicted octanol–water partition coefficient (Wildman–Crippen LogP) is 3.52. The molecule has 76 valence electrons. The van der Waals surface area contributed by atoms with Crippen LogP contribution in [0.5, 0.6) is 0 Å². The molecule has 0 saturated carbocycles. The van der Waals surface area contributed by atoms with Gasteiger partial charge in [0.05, 0.1) is 0 Å². The van der Waals surface area contributed by atoms with Crippen molar-refractivity contribution >= 4 is 17.4 Å². The van der Waals surface area contributed by atoms with Crippen LogP contribution >= 0.6 is 11.6 Å². The van der Waals surface area contributed by atoms with Crippen molar-refractivity contribution in [2.75, 3.05) is 0 Å². The summed E-state index contributed by atoms with van der Waals surface area (Å²) >= 11 is 6.01. The summed E-state index contributed by atoms with van der Waals surface area (Å²) in [5.74, 6) is 0.150. The Kier molecular flexibility index (Phi) is 3.01. The summed E-state index contributed by atoms with van der Waals surface area (Å²) in [7, 11) is 0. The molecule has 0 spiro atoms. The quantitative estimate of drug-likeness (QED) is 0.730. The van der Waals surface area contributed by atoms with Gasteiger partial charge < -0.3 is 0 Å². The van der Waals surface area contributed by atoms with E-state index >= 15 is 0 Å². The first-order valence-corrected chi connectivity index (χ1v) is 5.01. The third-order valence-corrected chi connectivity index (χ3v) is 3.18. The highest BCUT2D eigenvalue weighted by atomic mass is 35.5. The molecule has 0 radical (unpaired) electrons. The van der Waals surface area contributed by atoms with Gasteiger partial charge in [0, 0.05) is 10.4 Å². The molecule has 0 saturated heterocycles. The maximum absolute atomic E-state index is 11.4. The van der Waals surface area contributed by atoms with E-state index in [0.29, 0.717) is 0 Å². The lowest BCUT2D eigenvalue weighted by atomic mass is 9.81. The van der Waals surface area contributed by atoms with Crippen LogP contribution in [-0.4, -0.2) is 5.78 Å². The van der Waals surface area contributed by atoms with Crippen LogP contribution in [0.4, 0.5) is 0 Å². The van der Waals surface area contributed by atoms with Crippen LogP contribution < -0.4 is 0 Å². The second-order valence-corrected chi connectivity index (χ2v) is 4.55. The van der Waals surface area contributed by atoms with Crippen LogP contribution in [0.25, 0.3) is 0 Å². The second-order valence-electron chi connectivity index (χ2n) is 4.15. The molecule has 0 unspecified atom stereocenters. The standard InChI is InChI=1S/C12H15ClO/c1-8-5-6-10(7-11(8)13)12(3,4)9(2)14/h5-7H,1-4H3. The van der Waals surface area contributed by atoms with Gasteiger partial charge in [-0.05, 0) is 44.9 Å². The van der Waals surface area contributed by atoms with Crippen LogP contribution in [0.2, 0.25) is 5.02 Å². The Balaban J connectivity index is 3.21. The van der Waals surface area contributed by atoms with E-state index in [0.717, 1.165) is 16.1 Å². The fraction of sp³-hybridized carbons (Fsp3) is 0.417. The third kappa shape index (κ3) is 1.98. The summed E-state index contributed by atoms with van der Waals surface area (Å²) in [5, 5.41) is 0.719. The molecule has 14 heavy (non-hydrogen) atoms. The molecular formula is C12H15ClO. The molecule has 0 atom stereocenters.